The van der Waals surface area contributed by atoms with E-state index in [1.165, 1.54) is 29.5 Å². The van der Waals surface area contributed by atoms with Gasteiger partial charge in [-0.1, -0.05) is 35.9 Å². The summed E-state index contributed by atoms with van der Waals surface area (Å²) in [6.45, 7) is 0. The highest BCUT2D eigenvalue weighted by atomic mass is 35.5. The maximum atomic E-state index is 13.6. The highest BCUT2D eigenvalue weighted by molar-refractivity contribution is 7.91. The Balaban J connectivity index is 1.59. The standard InChI is InChI=1S/C23H18ClNO4S2/c24-19-9-8-16(31(28,29)21-7-3-5-14-4-1-2-6-17(14)21)11-20(19)25-22(26)10-15-12-30-13-18(15)23(25)27/h1-2,4,6,8-9,11-13,21H,3,5,7,10H2. The molecule has 0 saturated carbocycles. The molecule has 8 heteroatoms. The van der Waals surface area contributed by atoms with Crippen LogP contribution >= 0.6 is 22.9 Å². The fourth-order valence-corrected chi connectivity index (χ4v) is 7.34. The molecule has 1 atom stereocenters. The topological polar surface area (TPSA) is 71.5 Å². The van der Waals surface area contributed by atoms with Gasteiger partial charge in [-0.2, -0.15) is 11.3 Å². The summed E-state index contributed by atoms with van der Waals surface area (Å²) in [5.74, 6) is -0.901. The van der Waals surface area contributed by atoms with Crippen molar-refractivity contribution in [2.75, 3.05) is 4.90 Å². The molecule has 1 aromatic heterocycles. The number of benzene rings is 2. The Kier molecular flexibility index (Phi) is 5.00. The van der Waals surface area contributed by atoms with E-state index in [2.05, 4.69) is 0 Å². The van der Waals surface area contributed by atoms with Crippen molar-refractivity contribution in [1.82, 2.24) is 0 Å². The minimum Gasteiger partial charge on any atom is -0.274 e. The molecule has 2 aromatic carbocycles. The Morgan fingerprint density at radius 2 is 1.84 bits per heavy atom. The average molecular weight is 472 g/mol. The molecule has 31 heavy (non-hydrogen) atoms. The Bertz CT molecular complexity index is 1330. The quantitative estimate of drug-likeness (QED) is 0.505. The van der Waals surface area contributed by atoms with Crippen molar-refractivity contribution in [3.63, 3.8) is 0 Å². The second kappa shape index (κ2) is 7.58. The van der Waals surface area contributed by atoms with Gasteiger partial charge in [-0.3, -0.25) is 9.59 Å². The fraction of sp³-hybridized carbons (Fsp3) is 0.217. The van der Waals surface area contributed by atoms with Crippen LogP contribution in [0, 0.1) is 0 Å². The highest BCUT2D eigenvalue weighted by Gasteiger charge is 2.36. The minimum absolute atomic E-state index is 0.0605. The van der Waals surface area contributed by atoms with Crippen molar-refractivity contribution >= 4 is 50.3 Å². The lowest BCUT2D eigenvalue weighted by atomic mass is 9.91. The van der Waals surface area contributed by atoms with E-state index in [1.54, 1.807) is 10.8 Å². The number of nitrogens with zero attached hydrogens (tertiary/aromatic N) is 1. The second-order valence-corrected chi connectivity index (χ2v) is 11.0. The predicted octanol–water partition coefficient (Wildman–Crippen LogP) is 4.98. The van der Waals surface area contributed by atoms with Crippen LogP contribution in [0.15, 0.2) is 58.1 Å². The third-order valence-corrected chi connectivity index (χ3v) is 9.20. The summed E-state index contributed by atoms with van der Waals surface area (Å²) >= 11 is 7.69. The zero-order valence-electron chi connectivity index (χ0n) is 16.4. The molecule has 0 radical (unpaired) electrons. The first kappa shape index (κ1) is 20.4. The number of halogens is 1. The van der Waals surface area contributed by atoms with Gasteiger partial charge in [0.2, 0.25) is 5.91 Å². The van der Waals surface area contributed by atoms with Gasteiger partial charge in [0.15, 0.2) is 9.84 Å². The van der Waals surface area contributed by atoms with Gasteiger partial charge in [0, 0.05) is 5.38 Å². The van der Waals surface area contributed by atoms with Crippen LogP contribution in [0.4, 0.5) is 5.69 Å². The Labute approximate surface area is 189 Å². The normalized spacial score (nSPS) is 18.6. The number of carbonyl (C=O) groups excluding carboxylic acids is 2. The van der Waals surface area contributed by atoms with Gasteiger partial charge in [-0.05, 0) is 59.5 Å². The number of aryl methyl sites for hydroxylation is 1. The molecule has 2 amide bonds. The van der Waals surface area contributed by atoms with Crippen LogP contribution in [0.25, 0.3) is 0 Å². The summed E-state index contributed by atoms with van der Waals surface area (Å²) < 4.78 is 27.2. The number of carbonyl (C=O) groups is 2. The Hall–Kier alpha value is -2.48. The monoisotopic (exact) mass is 471 g/mol. The van der Waals surface area contributed by atoms with E-state index >= 15 is 0 Å². The predicted molar refractivity (Wildman–Crippen MR) is 121 cm³/mol. The van der Waals surface area contributed by atoms with Crippen molar-refractivity contribution < 1.29 is 18.0 Å². The first-order valence-electron chi connectivity index (χ1n) is 9.91. The van der Waals surface area contributed by atoms with E-state index in [-0.39, 0.29) is 22.0 Å². The fourth-order valence-electron chi connectivity index (χ4n) is 4.40. The molecule has 1 unspecified atom stereocenters. The zero-order chi connectivity index (χ0) is 21.8. The molecule has 3 aromatic rings. The lowest BCUT2D eigenvalue weighted by molar-refractivity contribution is -0.117. The van der Waals surface area contributed by atoms with E-state index in [0.29, 0.717) is 17.5 Å². The highest BCUT2D eigenvalue weighted by Crippen LogP contribution is 2.41. The summed E-state index contributed by atoms with van der Waals surface area (Å²) in [5.41, 5.74) is 3.12. The lowest BCUT2D eigenvalue weighted by Crippen LogP contribution is -2.42. The first-order valence-corrected chi connectivity index (χ1v) is 12.8. The Morgan fingerprint density at radius 3 is 2.68 bits per heavy atom. The SMILES string of the molecule is O=C1Cc2cscc2C(=O)N1c1cc(S(=O)(=O)C2CCCc3ccccc32)ccc1Cl. The average Bonchev–Trinajstić information content (AvgIpc) is 3.23. The molecule has 1 aliphatic carbocycles. The molecule has 0 saturated heterocycles. The molecule has 0 N–H and O–H groups in total. The van der Waals surface area contributed by atoms with Crippen molar-refractivity contribution in [1.29, 1.82) is 0 Å². The summed E-state index contributed by atoms with van der Waals surface area (Å²) in [4.78, 5) is 26.8. The zero-order valence-corrected chi connectivity index (χ0v) is 18.8. The number of sulfone groups is 1. The van der Waals surface area contributed by atoms with Crippen LogP contribution in [0.2, 0.25) is 5.02 Å². The molecule has 0 spiro atoms. The number of anilines is 1. The molecular weight excluding hydrogens is 454 g/mol. The van der Waals surface area contributed by atoms with Gasteiger partial charge in [0.1, 0.15) is 0 Å². The number of imide groups is 1. The van der Waals surface area contributed by atoms with Crippen molar-refractivity contribution in [2.45, 2.75) is 35.8 Å². The molecule has 2 aliphatic rings. The second-order valence-electron chi connectivity index (χ2n) is 7.76. The van der Waals surface area contributed by atoms with Gasteiger partial charge in [0.25, 0.3) is 5.91 Å². The molecule has 5 rings (SSSR count). The van der Waals surface area contributed by atoms with Gasteiger partial charge < -0.3 is 0 Å². The van der Waals surface area contributed by atoms with Crippen LogP contribution in [0.5, 0.6) is 0 Å². The Morgan fingerprint density at radius 1 is 1.03 bits per heavy atom. The van der Waals surface area contributed by atoms with E-state index < -0.39 is 26.9 Å². The van der Waals surface area contributed by atoms with Crippen LogP contribution < -0.4 is 4.90 Å². The number of rotatable bonds is 3. The minimum atomic E-state index is -3.74. The van der Waals surface area contributed by atoms with E-state index in [0.717, 1.165) is 28.9 Å². The largest absolute Gasteiger partial charge is 0.274 e. The van der Waals surface area contributed by atoms with E-state index in [1.807, 2.05) is 24.3 Å². The smallest absolute Gasteiger partial charge is 0.266 e. The van der Waals surface area contributed by atoms with Crippen LogP contribution in [0.1, 0.15) is 45.1 Å². The van der Waals surface area contributed by atoms with E-state index in [9.17, 15) is 18.0 Å². The van der Waals surface area contributed by atoms with Crippen LogP contribution in [0.3, 0.4) is 0 Å². The number of hydrogen-bond acceptors (Lipinski definition) is 5. The number of fused-ring (bicyclic) bond motifs is 2. The first-order chi connectivity index (χ1) is 14.9. The summed E-state index contributed by atoms with van der Waals surface area (Å²) in [7, 11) is -3.74. The van der Waals surface area contributed by atoms with Crippen molar-refractivity contribution in [3.8, 4) is 0 Å². The van der Waals surface area contributed by atoms with Crippen molar-refractivity contribution in [2.24, 2.45) is 0 Å². The number of thiophene rings is 1. The third kappa shape index (κ3) is 3.32. The summed E-state index contributed by atoms with van der Waals surface area (Å²) in [6, 6.07) is 11.9. The molecule has 0 fully saturated rings. The number of hydrogen-bond donors (Lipinski definition) is 0. The molecule has 0 bridgehead atoms. The lowest BCUT2D eigenvalue weighted by Gasteiger charge is -2.28. The summed E-state index contributed by atoms with van der Waals surface area (Å²) in [6.07, 6.45) is 2.24. The molecular formula is C23H18ClNO4S2. The molecule has 1 aliphatic heterocycles. The van der Waals surface area contributed by atoms with Gasteiger partial charge in [-0.25, -0.2) is 13.3 Å². The maximum absolute atomic E-state index is 13.6. The summed E-state index contributed by atoms with van der Waals surface area (Å²) in [5, 5.41) is 2.97. The number of amides is 2. The van der Waals surface area contributed by atoms with Crippen LogP contribution in [-0.4, -0.2) is 20.2 Å². The van der Waals surface area contributed by atoms with Gasteiger partial charge in [0.05, 0.1) is 32.8 Å². The third-order valence-electron chi connectivity index (χ3n) is 5.94. The maximum Gasteiger partial charge on any atom is 0.266 e. The molecule has 2 heterocycles. The molecule has 5 nitrogen and oxygen atoms in total. The van der Waals surface area contributed by atoms with E-state index in [4.69, 9.17) is 11.6 Å². The van der Waals surface area contributed by atoms with Gasteiger partial charge >= 0.3 is 0 Å². The van der Waals surface area contributed by atoms with Gasteiger partial charge in [-0.15, -0.1) is 0 Å². The molecule has 158 valence electrons. The van der Waals surface area contributed by atoms with Crippen LogP contribution in [-0.2, 0) is 27.5 Å². The van der Waals surface area contributed by atoms with Crippen molar-refractivity contribution in [3.05, 3.63) is 80.5 Å².